The number of aromatic nitrogens is 2. The Hall–Kier alpha value is -3.91. The SMILES string of the molecule is CSCCC(N)C(=O)NC(Cc1cnc[nH]1)C(=O)NC(Cc1ccccc1)C(=O)NC(CC(N)=O)C(=O)O. The molecule has 0 aliphatic rings. The first kappa shape index (κ1) is 30.3. The van der Waals surface area contributed by atoms with Gasteiger partial charge < -0.3 is 37.5 Å². The van der Waals surface area contributed by atoms with E-state index in [-0.39, 0.29) is 12.8 Å². The molecule has 0 radical (unpaired) electrons. The van der Waals surface area contributed by atoms with Crippen LogP contribution in [0, 0.1) is 0 Å². The third-order valence-corrected chi connectivity index (χ3v) is 6.16. The molecule has 2 rings (SSSR count). The van der Waals surface area contributed by atoms with Crippen molar-refractivity contribution in [3.05, 3.63) is 54.1 Å². The molecule has 14 heteroatoms. The van der Waals surface area contributed by atoms with Crippen molar-refractivity contribution < 1.29 is 29.1 Å². The van der Waals surface area contributed by atoms with Crippen LogP contribution >= 0.6 is 11.8 Å². The number of H-pyrrole nitrogens is 1. The molecule has 4 amide bonds. The van der Waals surface area contributed by atoms with Gasteiger partial charge in [-0.1, -0.05) is 30.3 Å². The van der Waals surface area contributed by atoms with Gasteiger partial charge in [0.05, 0.1) is 18.8 Å². The van der Waals surface area contributed by atoms with E-state index in [9.17, 15) is 29.1 Å². The molecule has 0 bridgehead atoms. The quantitative estimate of drug-likeness (QED) is 0.132. The van der Waals surface area contributed by atoms with Crippen molar-refractivity contribution in [2.24, 2.45) is 11.5 Å². The number of nitrogens with zero attached hydrogens (tertiary/aromatic N) is 1. The topological polar surface area (TPSA) is 222 Å². The summed E-state index contributed by atoms with van der Waals surface area (Å²) in [5.74, 6) is -3.77. The van der Waals surface area contributed by atoms with Gasteiger partial charge in [-0.2, -0.15) is 11.8 Å². The van der Waals surface area contributed by atoms with E-state index >= 15 is 0 Å². The van der Waals surface area contributed by atoms with Crippen LogP contribution in [-0.2, 0) is 36.8 Å². The molecule has 13 nitrogen and oxygen atoms in total. The highest BCUT2D eigenvalue weighted by Gasteiger charge is 2.31. The number of benzene rings is 1. The minimum absolute atomic E-state index is 0.0132. The number of carboxylic acids is 1. The van der Waals surface area contributed by atoms with Gasteiger partial charge in [0.2, 0.25) is 23.6 Å². The maximum Gasteiger partial charge on any atom is 0.326 e. The molecule has 0 spiro atoms. The van der Waals surface area contributed by atoms with E-state index in [0.717, 1.165) is 0 Å². The van der Waals surface area contributed by atoms with Crippen LogP contribution in [0.1, 0.15) is 24.1 Å². The number of carbonyl (C=O) groups is 5. The van der Waals surface area contributed by atoms with Crippen molar-refractivity contribution >= 4 is 41.4 Å². The zero-order valence-corrected chi connectivity index (χ0v) is 21.7. The normalized spacial score (nSPS) is 13.9. The third-order valence-electron chi connectivity index (χ3n) is 5.52. The summed E-state index contributed by atoms with van der Waals surface area (Å²) in [5.41, 5.74) is 12.3. The molecule has 0 saturated heterocycles. The average Bonchev–Trinajstić information content (AvgIpc) is 3.39. The Bertz CT molecular complexity index is 1080. The largest absolute Gasteiger partial charge is 0.480 e. The number of amides is 4. The lowest BCUT2D eigenvalue weighted by Crippen LogP contribution is -2.58. The van der Waals surface area contributed by atoms with Crippen molar-refractivity contribution in [3.8, 4) is 0 Å². The van der Waals surface area contributed by atoms with Crippen molar-refractivity contribution in [2.45, 2.75) is 49.9 Å². The van der Waals surface area contributed by atoms with Crippen molar-refractivity contribution in [1.29, 1.82) is 0 Å². The van der Waals surface area contributed by atoms with Gasteiger partial charge in [-0.3, -0.25) is 19.2 Å². The minimum atomic E-state index is -1.58. The molecule has 4 unspecified atom stereocenters. The monoisotopic (exact) mass is 547 g/mol. The first-order valence-electron chi connectivity index (χ1n) is 11.8. The van der Waals surface area contributed by atoms with E-state index < -0.39 is 60.2 Å². The van der Waals surface area contributed by atoms with Gasteiger partial charge in [-0.05, 0) is 24.0 Å². The van der Waals surface area contributed by atoms with Crippen molar-refractivity contribution in [1.82, 2.24) is 25.9 Å². The highest BCUT2D eigenvalue weighted by molar-refractivity contribution is 7.98. The number of primary amides is 1. The van der Waals surface area contributed by atoms with Crippen LogP contribution in [0.25, 0.3) is 0 Å². The summed E-state index contributed by atoms with van der Waals surface area (Å²) in [5, 5.41) is 16.9. The number of nitrogens with one attached hydrogen (secondary N) is 4. The molecule has 0 aliphatic heterocycles. The molecule has 0 saturated carbocycles. The second-order valence-corrected chi connectivity index (χ2v) is 9.54. The Morgan fingerprint density at radius 1 is 0.974 bits per heavy atom. The summed E-state index contributed by atoms with van der Waals surface area (Å²) in [6.07, 6.45) is 4.63. The third kappa shape index (κ3) is 10.2. The average molecular weight is 548 g/mol. The molecule has 1 heterocycles. The Morgan fingerprint density at radius 3 is 2.13 bits per heavy atom. The summed E-state index contributed by atoms with van der Waals surface area (Å²) in [6.45, 7) is 0. The number of nitrogens with two attached hydrogens (primary N) is 2. The predicted octanol–water partition coefficient (Wildman–Crippen LogP) is -1.31. The number of hydrogen-bond donors (Lipinski definition) is 7. The van der Waals surface area contributed by atoms with Gasteiger partial charge in [0.1, 0.15) is 18.1 Å². The number of rotatable bonds is 16. The smallest absolute Gasteiger partial charge is 0.326 e. The summed E-state index contributed by atoms with van der Waals surface area (Å²) in [6, 6.07) is 3.98. The predicted molar refractivity (Wildman–Crippen MR) is 141 cm³/mol. The Balaban J connectivity index is 2.26. The first-order valence-corrected chi connectivity index (χ1v) is 13.2. The van der Waals surface area contributed by atoms with Gasteiger partial charge in [-0.25, -0.2) is 9.78 Å². The van der Waals surface area contributed by atoms with Crippen LogP contribution in [0.2, 0.25) is 0 Å². The lowest BCUT2D eigenvalue weighted by Gasteiger charge is -2.25. The fraction of sp³-hybridized carbons (Fsp3) is 0.417. The number of aliphatic carboxylic acids is 1. The minimum Gasteiger partial charge on any atom is -0.480 e. The number of thioether (sulfide) groups is 1. The molecular weight excluding hydrogens is 514 g/mol. The fourth-order valence-corrected chi connectivity index (χ4v) is 3.97. The van der Waals surface area contributed by atoms with E-state index in [1.54, 1.807) is 30.3 Å². The van der Waals surface area contributed by atoms with E-state index in [1.807, 2.05) is 6.26 Å². The molecule has 1 aromatic heterocycles. The van der Waals surface area contributed by atoms with Crippen LogP contribution in [0.3, 0.4) is 0 Å². The zero-order valence-electron chi connectivity index (χ0n) is 20.9. The van der Waals surface area contributed by atoms with E-state index in [1.165, 1.54) is 24.3 Å². The fourth-order valence-electron chi connectivity index (χ4n) is 3.49. The maximum absolute atomic E-state index is 13.4. The summed E-state index contributed by atoms with van der Waals surface area (Å²) < 4.78 is 0. The van der Waals surface area contributed by atoms with Gasteiger partial charge >= 0.3 is 5.97 Å². The lowest BCUT2D eigenvalue weighted by atomic mass is 10.0. The molecule has 206 valence electrons. The first-order chi connectivity index (χ1) is 18.1. The second kappa shape index (κ2) is 15.4. The molecule has 4 atom stereocenters. The molecule has 38 heavy (non-hydrogen) atoms. The number of imidazole rings is 1. The standard InChI is InChI=1S/C24H33N7O6S/c1-38-8-7-16(25)21(33)29-18(10-15-12-27-13-28-15)23(35)30-17(9-14-5-3-2-4-6-14)22(34)31-19(24(36)37)11-20(26)32/h2-6,12-13,16-19H,7-11,25H2,1H3,(H2,26,32)(H,27,28)(H,29,33)(H,30,35)(H,31,34)(H,36,37). The van der Waals surface area contributed by atoms with Crippen LogP contribution in [0.5, 0.6) is 0 Å². The number of carbonyl (C=O) groups excluding carboxylic acids is 4. The second-order valence-electron chi connectivity index (χ2n) is 8.55. The Labute approximate surface area is 223 Å². The molecule has 9 N–H and O–H groups in total. The Kier molecular flexibility index (Phi) is 12.3. The van der Waals surface area contributed by atoms with Gasteiger partial charge in [-0.15, -0.1) is 0 Å². The van der Waals surface area contributed by atoms with E-state index in [4.69, 9.17) is 11.5 Å². The Morgan fingerprint density at radius 2 is 1.58 bits per heavy atom. The van der Waals surface area contributed by atoms with Crippen LogP contribution < -0.4 is 27.4 Å². The summed E-state index contributed by atoms with van der Waals surface area (Å²) in [4.78, 5) is 68.8. The van der Waals surface area contributed by atoms with Gasteiger partial charge in [0, 0.05) is 24.7 Å². The highest BCUT2D eigenvalue weighted by Crippen LogP contribution is 2.07. The molecule has 0 aliphatic carbocycles. The van der Waals surface area contributed by atoms with E-state index in [2.05, 4.69) is 25.9 Å². The summed E-state index contributed by atoms with van der Waals surface area (Å²) in [7, 11) is 0. The highest BCUT2D eigenvalue weighted by atomic mass is 32.2. The van der Waals surface area contributed by atoms with Crippen LogP contribution in [0.4, 0.5) is 0 Å². The number of aromatic amines is 1. The number of carboxylic acid groups (broad SMARTS) is 1. The molecule has 0 fully saturated rings. The zero-order chi connectivity index (χ0) is 28.1. The summed E-state index contributed by atoms with van der Waals surface area (Å²) >= 11 is 1.53. The van der Waals surface area contributed by atoms with Crippen molar-refractivity contribution in [2.75, 3.05) is 12.0 Å². The maximum atomic E-state index is 13.4. The molecule has 1 aromatic carbocycles. The lowest BCUT2D eigenvalue weighted by molar-refractivity contribution is -0.143. The van der Waals surface area contributed by atoms with Gasteiger partial charge in [0.15, 0.2) is 0 Å². The van der Waals surface area contributed by atoms with Crippen molar-refractivity contribution in [3.63, 3.8) is 0 Å². The molecule has 2 aromatic rings. The van der Waals surface area contributed by atoms with Crippen LogP contribution in [0.15, 0.2) is 42.9 Å². The number of hydrogen-bond acceptors (Lipinski definition) is 8. The van der Waals surface area contributed by atoms with E-state index in [0.29, 0.717) is 23.4 Å². The van der Waals surface area contributed by atoms with Crippen LogP contribution in [-0.4, -0.2) is 80.8 Å². The van der Waals surface area contributed by atoms with Gasteiger partial charge in [0.25, 0.3) is 0 Å². The molecular formula is C24H33N7O6S.